The first-order valence-corrected chi connectivity index (χ1v) is 7.59. The SMILES string of the molecule is CCc1cc(Br)ccc1NC(=O)c1cc(C)nc(NC)c1. The van der Waals surface area contributed by atoms with Crippen molar-refractivity contribution in [3.63, 3.8) is 0 Å². The third kappa shape index (κ3) is 3.82. The number of halogens is 1. The van der Waals surface area contributed by atoms with Gasteiger partial charge < -0.3 is 10.6 Å². The minimum atomic E-state index is -0.131. The van der Waals surface area contributed by atoms with Crippen LogP contribution in [0.2, 0.25) is 0 Å². The minimum Gasteiger partial charge on any atom is -0.373 e. The zero-order valence-corrected chi connectivity index (χ0v) is 13.9. The quantitative estimate of drug-likeness (QED) is 0.878. The molecule has 0 aliphatic heterocycles. The van der Waals surface area contributed by atoms with Crippen LogP contribution in [0.1, 0.15) is 28.5 Å². The Bertz CT molecular complexity index is 671. The van der Waals surface area contributed by atoms with Crippen molar-refractivity contribution in [1.29, 1.82) is 0 Å². The van der Waals surface area contributed by atoms with Gasteiger partial charge in [-0.1, -0.05) is 22.9 Å². The zero-order valence-electron chi connectivity index (χ0n) is 12.3. The molecular formula is C16H18BrN3O. The molecule has 21 heavy (non-hydrogen) atoms. The molecule has 0 fully saturated rings. The zero-order chi connectivity index (χ0) is 15.4. The molecule has 0 spiro atoms. The molecule has 2 rings (SSSR count). The molecule has 0 atom stereocenters. The van der Waals surface area contributed by atoms with Crippen molar-refractivity contribution in [1.82, 2.24) is 4.98 Å². The first kappa shape index (κ1) is 15.5. The van der Waals surface area contributed by atoms with Gasteiger partial charge in [0.2, 0.25) is 0 Å². The van der Waals surface area contributed by atoms with Gasteiger partial charge in [0.15, 0.2) is 0 Å². The normalized spacial score (nSPS) is 10.3. The fourth-order valence-corrected chi connectivity index (χ4v) is 2.51. The van der Waals surface area contributed by atoms with E-state index in [4.69, 9.17) is 0 Å². The molecule has 110 valence electrons. The number of pyridine rings is 1. The van der Waals surface area contributed by atoms with Gasteiger partial charge in [-0.3, -0.25) is 4.79 Å². The van der Waals surface area contributed by atoms with E-state index in [9.17, 15) is 4.79 Å². The number of nitrogens with one attached hydrogen (secondary N) is 2. The number of anilines is 2. The second-order valence-electron chi connectivity index (χ2n) is 4.74. The third-order valence-electron chi connectivity index (χ3n) is 3.17. The highest BCUT2D eigenvalue weighted by molar-refractivity contribution is 9.10. The minimum absolute atomic E-state index is 0.131. The van der Waals surface area contributed by atoms with Crippen LogP contribution >= 0.6 is 15.9 Å². The lowest BCUT2D eigenvalue weighted by Gasteiger charge is -2.11. The van der Waals surface area contributed by atoms with Crippen LogP contribution in [-0.4, -0.2) is 17.9 Å². The third-order valence-corrected chi connectivity index (χ3v) is 3.66. The predicted molar refractivity (Wildman–Crippen MR) is 90.0 cm³/mol. The number of rotatable bonds is 4. The molecule has 0 unspecified atom stereocenters. The van der Waals surface area contributed by atoms with E-state index in [1.165, 1.54) is 0 Å². The molecule has 0 aliphatic rings. The topological polar surface area (TPSA) is 54.0 Å². The van der Waals surface area contributed by atoms with E-state index in [0.717, 1.165) is 27.8 Å². The number of carbonyl (C=O) groups is 1. The Hall–Kier alpha value is -1.88. The van der Waals surface area contributed by atoms with Crippen LogP contribution in [-0.2, 0) is 6.42 Å². The standard InChI is InChI=1S/C16H18BrN3O/c1-4-11-8-13(17)5-6-14(11)20-16(21)12-7-10(2)19-15(9-12)18-3/h5-9H,4H2,1-3H3,(H,18,19)(H,20,21). The monoisotopic (exact) mass is 347 g/mol. The summed E-state index contributed by atoms with van der Waals surface area (Å²) in [4.78, 5) is 16.7. The molecule has 2 N–H and O–H groups in total. The van der Waals surface area contributed by atoms with Crippen molar-refractivity contribution in [2.45, 2.75) is 20.3 Å². The average molecular weight is 348 g/mol. The van der Waals surface area contributed by atoms with Crippen molar-refractivity contribution in [3.8, 4) is 0 Å². The van der Waals surface area contributed by atoms with Crippen molar-refractivity contribution >= 4 is 33.3 Å². The maximum Gasteiger partial charge on any atom is 0.255 e. The molecule has 1 aromatic carbocycles. The number of amides is 1. The number of hydrogen-bond donors (Lipinski definition) is 2. The highest BCUT2D eigenvalue weighted by atomic mass is 79.9. The van der Waals surface area contributed by atoms with Crippen LogP contribution in [0.25, 0.3) is 0 Å². The lowest BCUT2D eigenvalue weighted by Crippen LogP contribution is -2.14. The van der Waals surface area contributed by atoms with E-state index in [-0.39, 0.29) is 5.91 Å². The molecule has 2 aromatic rings. The summed E-state index contributed by atoms with van der Waals surface area (Å²) in [6.07, 6.45) is 0.853. The highest BCUT2D eigenvalue weighted by Crippen LogP contribution is 2.22. The molecule has 1 heterocycles. The van der Waals surface area contributed by atoms with Gasteiger partial charge in [-0.25, -0.2) is 4.98 Å². The highest BCUT2D eigenvalue weighted by Gasteiger charge is 2.11. The molecular weight excluding hydrogens is 330 g/mol. The molecule has 4 nitrogen and oxygen atoms in total. The Morgan fingerprint density at radius 2 is 2.05 bits per heavy atom. The molecule has 1 amide bonds. The van der Waals surface area contributed by atoms with E-state index in [2.05, 4.69) is 38.5 Å². The van der Waals surface area contributed by atoms with Gasteiger partial charge >= 0.3 is 0 Å². The Labute approximate surface area is 133 Å². The summed E-state index contributed by atoms with van der Waals surface area (Å²) < 4.78 is 1.01. The second kappa shape index (κ2) is 6.72. The summed E-state index contributed by atoms with van der Waals surface area (Å²) in [5, 5.41) is 5.93. The average Bonchev–Trinajstić information content (AvgIpc) is 2.48. The first-order valence-electron chi connectivity index (χ1n) is 6.79. The van der Waals surface area contributed by atoms with Gasteiger partial charge in [-0.15, -0.1) is 0 Å². The summed E-state index contributed by atoms with van der Waals surface area (Å²) in [6, 6.07) is 9.37. The van der Waals surface area contributed by atoms with E-state index in [0.29, 0.717) is 11.4 Å². The number of hydrogen-bond acceptors (Lipinski definition) is 3. The van der Waals surface area contributed by atoms with Crippen molar-refractivity contribution < 1.29 is 4.79 Å². The molecule has 0 bridgehead atoms. The molecule has 5 heteroatoms. The fraction of sp³-hybridized carbons (Fsp3) is 0.250. The Morgan fingerprint density at radius 3 is 2.71 bits per heavy atom. The van der Waals surface area contributed by atoms with Crippen LogP contribution in [0, 0.1) is 6.92 Å². The summed E-state index contributed by atoms with van der Waals surface area (Å²) in [5.74, 6) is 0.556. The van der Waals surface area contributed by atoms with Gasteiger partial charge in [-0.2, -0.15) is 0 Å². The van der Waals surface area contributed by atoms with Gasteiger partial charge in [0.05, 0.1) is 0 Å². The van der Waals surface area contributed by atoms with E-state index < -0.39 is 0 Å². The van der Waals surface area contributed by atoms with Crippen molar-refractivity contribution in [3.05, 3.63) is 51.6 Å². The number of aryl methyl sites for hydroxylation is 2. The second-order valence-corrected chi connectivity index (χ2v) is 5.66. The van der Waals surface area contributed by atoms with Crippen LogP contribution in [0.15, 0.2) is 34.8 Å². The van der Waals surface area contributed by atoms with Gasteiger partial charge in [0.25, 0.3) is 5.91 Å². The summed E-state index contributed by atoms with van der Waals surface area (Å²) in [6.45, 7) is 3.93. The first-order chi connectivity index (χ1) is 10.0. The lowest BCUT2D eigenvalue weighted by molar-refractivity contribution is 0.102. The van der Waals surface area contributed by atoms with Crippen LogP contribution in [0.5, 0.6) is 0 Å². The molecule has 0 saturated heterocycles. The maximum atomic E-state index is 12.4. The van der Waals surface area contributed by atoms with Crippen LogP contribution in [0.4, 0.5) is 11.5 Å². The molecule has 1 aromatic heterocycles. The Balaban J connectivity index is 2.28. The maximum absolute atomic E-state index is 12.4. The van der Waals surface area contributed by atoms with E-state index >= 15 is 0 Å². The Kier molecular flexibility index (Phi) is 4.96. The van der Waals surface area contributed by atoms with E-state index in [1.54, 1.807) is 19.2 Å². The smallest absolute Gasteiger partial charge is 0.255 e. The summed E-state index contributed by atoms with van der Waals surface area (Å²) in [7, 11) is 1.79. The number of nitrogens with zero attached hydrogens (tertiary/aromatic N) is 1. The largest absolute Gasteiger partial charge is 0.373 e. The van der Waals surface area contributed by atoms with Gasteiger partial charge in [-0.05, 0) is 49.2 Å². The van der Waals surface area contributed by atoms with E-state index in [1.807, 2.05) is 25.1 Å². The summed E-state index contributed by atoms with van der Waals surface area (Å²) >= 11 is 3.45. The summed E-state index contributed by atoms with van der Waals surface area (Å²) in [5.41, 5.74) is 3.33. The number of carbonyl (C=O) groups excluding carboxylic acids is 1. The van der Waals surface area contributed by atoms with Gasteiger partial charge in [0, 0.05) is 28.5 Å². The lowest BCUT2D eigenvalue weighted by atomic mass is 10.1. The van der Waals surface area contributed by atoms with Crippen LogP contribution in [0.3, 0.4) is 0 Å². The van der Waals surface area contributed by atoms with Crippen molar-refractivity contribution in [2.24, 2.45) is 0 Å². The van der Waals surface area contributed by atoms with Crippen LogP contribution < -0.4 is 10.6 Å². The predicted octanol–water partition coefficient (Wildman–Crippen LogP) is 4.01. The van der Waals surface area contributed by atoms with Crippen molar-refractivity contribution in [2.75, 3.05) is 17.7 Å². The molecule has 0 radical (unpaired) electrons. The van der Waals surface area contributed by atoms with Gasteiger partial charge in [0.1, 0.15) is 5.82 Å². The molecule has 0 saturated carbocycles. The molecule has 0 aliphatic carbocycles. The Morgan fingerprint density at radius 1 is 1.29 bits per heavy atom. The number of aromatic nitrogens is 1. The fourth-order valence-electron chi connectivity index (χ4n) is 2.10. The number of benzene rings is 1.